The Morgan fingerprint density at radius 1 is 1.40 bits per heavy atom. The van der Waals surface area contributed by atoms with Gasteiger partial charge in [-0.1, -0.05) is 19.9 Å². The van der Waals surface area contributed by atoms with Crippen molar-refractivity contribution in [1.82, 2.24) is 4.90 Å². The number of thiophene rings is 1. The third-order valence-electron chi connectivity index (χ3n) is 3.33. The zero-order valence-electron chi connectivity index (χ0n) is 12.0. The van der Waals surface area contributed by atoms with Crippen LogP contribution in [0.2, 0.25) is 0 Å². The molecular weight excluding hydrogens is 278 g/mol. The Balaban J connectivity index is 2.75. The highest BCUT2D eigenvalue weighted by atomic mass is 32.1. The Hall–Kier alpha value is -1.40. The summed E-state index contributed by atoms with van der Waals surface area (Å²) in [5, 5.41) is 11.0. The first kappa shape index (κ1) is 16.7. The Morgan fingerprint density at radius 2 is 2.10 bits per heavy atom. The zero-order valence-corrected chi connectivity index (χ0v) is 12.9. The molecule has 1 heterocycles. The Bertz CT molecular complexity index is 432. The molecule has 6 heteroatoms. The topological polar surface area (TPSA) is 66.8 Å². The van der Waals surface area contributed by atoms with Gasteiger partial charge in [-0.2, -0.15) is 0 Å². The lowest BCUT2D eigenvalue weighted by Crippen LogP contribution is -2.40. The third kappa shape index (κ3) is 4.61. The van der Waals surface area contributed by atoms with E-state index in [4.69, 9.17) is 9.84 Å². The largest absolute Gasteiger partial charge is 0.481 e. The minimum Gasteiger partial charge on any atom is -0.481 e. The number of carboxylic acid groups (broad SMARTS) is 1. The van der Waals surface area contributed by atoms with Gasteiger partial charge in [0.25, 0.3) is 0 Å². The number of hydrogen-bond acceptors (Lipinski definition) is 4. The lowest BCUT2D eigenvalue weighted by Gasteiger charge is -2.26. The zero-order chi connectivity index (χ0) is 15.1. The lowest BCUT2D eigenvalue weighted by atomic mass is 9.94. The van der Waals surface area contributed by atoms with Gasteiger partial charge in [0.1, 0.15) is 0 Å². The summed E-state index contributed by atoms with van der Waals surface area (Å²) in [4.78, 5) is 26.2. The van der Waals surface area contributed by atoms with Crippen LogP contribution in [-0.2, 0) is 20.9 Å². The first-order valence-electron chi connectivity index (χ1n) is 6.50. The maximum atomic E-state index is 12.4. The first-order chi connectivity index (χ1) is 9.47. The van der Waals surface area contributed by atoms with Gasteiger partial charge >= 0.3 is 5.97 Å². The van der Waals surface area contributed by atoms with E-state index in [9.17, 15) is 9.59 Å². The molecule has 0 saturated carbocycles. The van der Waals surface area contributed by atoms with Crippen molar-refractivity contribution < 1.29 is 19.4 Å². The predicted molar refractivity (Wildman–Crippen MR) is 77.6 cm³/mol. The molecule has 0 radical (unpaired) electrons. The lowest BCUT2D eigenvalue weighted by molar-refractivity contribution is -0.149. The van der Waals surface area contributed by atoms with Crippen LogP contribution in [0.15, 0.2) is 17.5 Å². The SMILES string of the molecule is COCCN(Cc1cccs1)C(=O)C(C)C(C)C(=O)O. The highest BCUT2D eigenvalue weighted by molar-refractivity contribution is 7.09. The molecule has 1 aromatic rings. The normalized spacial score (nSPS) is 13.8. The Morgan fingerprint density at radius 3 is 2.60 bits per heavy atom. The quantitative estimate of drug-likeness (QED) is 0.798. The molecule has 1 aromatic heterocycles. The van der Waals surface area contributed by atoms with Crippen molar-refractivity contribution >= 4 is 23.2 Å². The van der Waals surface area contributed by atoms with Crippen LogP contribution in [0.1, 0.15) is 18.7 Å². The van der Waals surface area contributed by atoms with Gasteiger partial charge in [0.15, 0.2) is 0 Å². The number of rotatable bonds is 8. The minimum absolute atomic E-state index is 0.148. The molecule has 5 nitrogen and oxygen atoms in total. The fourth-order valence-electron chi connectivity index (χ4n) is 1.78. The number of carbonyl (C=O) groups is 2. The highest BCUT2D eigenvalue weighted by Crippen LogP contribution is 2.18. The molecule has 20 heavy (non-hydrogen) atoms. The standard InChI is InChI=1S/C14H21NO4S/c1-10(11(2)14(17)18)13(16)15(6-7-19-3)9-12-5-4-8-20-12/h4-5,8,10-11H,6-7,9H2,1-3H3,(H,17,18). The number of carbonyl (C=O) groups excluding carboxylic acids is 1. The van der Waals surface area contributed by atoms with Crippen LogP contribution in [0, 0.1) is 11.8 Å². The van der Waals surface area contributed by atoms with Crippen LogP contribution in [0.3, 0.4) is 0 Å². The number of carboxylic acids is 1. The summed E-state index contributed by atoms with van der Waals surface area (Å²) < 4.78 is 5.02. The van der Waals surface area contributed by atoms with Crippen LogP contribution in [0.25, 0.3) is 0 Å². The first-order valence-corrected chi connectivity index (χ1v) is 7.38. The van der Waals surface area contributed by atoms with Crippen molar-refractivity contribution in [2.75, 3.05) is 20.3 Å². The van der Waals surface area contributed by atoms with Crippen LogP contribution < -0.4 is 0 Å². The van der Waals surface area contributed by atoms with Crippen LogP contribution in [0.4, 0.5) is 0 Å². The number of methoxy groups -OCH3 is 1. The van der Waals surface area contributed by atoms with Gasteiger partial charge in [-0.25, -0.2) is 0 Å². The molecule has 0 bridgehead atoms. The maximum absolute atomic E-state index is 12.4. The number of ether oxygens (including phenoxy) is 1. The van der Waals surface area contributed by atoms with Gasteiger partial charge in [0.2, 0.25) is 5.91 Å². The van der Waals surface area contributed by atoms with E-state index in [1.807, 2.05) is 17.5 Å². The summed E-state index contributed by atoms with van der Waals surface area (Å²) >= 11 is 1.58. The van der Waals surface area contributed by atoms with Crippen molar-refractivity contribution in [2.24, 2.45) is 11.8 Å². The summed E-state index contributed by atoms with van der Waals surface area (Å²) in [7, 11) is 1.58. The summed E-state index contributed by atoms with van der Waals surface area (Å²) in [5.74, 6) is -2.35. The van der Waals surface area contributed by atoms with E-state index in [1.54, 1.807) is 37.2 Å². The summed E-state index contributed by atoms with van der Waals surface area (Å²) in [6, 6.07) is 3.89. The maximum Gasteiger partial charge on any atom is 0.307 e. The van der Waals surface area contributed by atoms with Crippen molar-refractivity contribution in [3.8, 4) is 0 Å². The molecule has 0 spiro atoms. The smallest absolute Gasteiger partial charge is 0.307 e. The second kappa shape index (κ2) is 8.01. The molecule has 0 saturated heterocycles. The molecule has 2 atom stereocenters. The number of amides is 1. The molecule has 1 amide bonds. The van der Waals surface area contributed by atoms with E-state index in [2.05, 4.69) is 0 Å². The Labute approximate surface area is 123 Å². The highest BCUT2D eigenvalue weighted by Gasteiger charge is 2.29. The van der Waals surface area contributed by atoms with Gasteiger partial charge in [0.05, 0.1) is 19.1 Å². The van der Waals surface area contributed by atoms with Gasteiger partial charge in [-0.3, -0.25) is 9.59 Å². The van der Waals surface area contributed by atoms with Gasteiger partial charge in [-0.15, -0.1) is 11.3 Å². The second-order valence-corrected chi connectivity index (χ2v) is 5.78. The van der Waals surface area contributed by atoms with Crippen molar-refractivity contribution in [2.45, 2.75) is 20.4 Å². The van der Waals surface area contributed by atoms with E-state index in [0.29, 0.717) is 19.7 Å². The van der Waals surface area contributed by atoms with E-state index in [0.717, 1.165) is 4.88 Å². The monoisotopic (exact) mass is 299 g/mol. The Kier molecular flexibility index (Phi) is 6.67. The fourth-order valence-corrected chi connectivity index (χ4v) is 2.49. The summed E-state index contributed by atoms with van der Waals surface area (Å²) in [5.41, 5.74) is 0. The van der Waals surface area contributed by atoms with Crippen LogP contribution >= 0.6 is 11.3 Å². The van der Waals surface area contributed by atoms with Gasteiger partial charge in [0, 0.05) is 24.4 Å². The molecule has 0 aliphatic rings. The molecule has 2 unspecified atom stereocenters. The second-order valence-electron chi connectivity index (χ2n) is 4.75. The van der Waals surface area contributed by atoms with E-state index >= 15 is 0 Å². The molecule has 0 aliphatic carbocycles. The third-order valence-corrected chi connectivity index (χ3v) is 4.19. The molecule has 0 fully saturated rings. The number of nitrogens with zero attached hydrogens (tertiary/aromatic N) is 1. The van der Waals surface area contributed by atoms with Crippen molar-refractivity contribution in [3.63, 3.8) is 0 Å². The summed E-state index contributed by atoms with van der Waals surface area (Å²) in [6.45, 7) is 4.62. The fraction of sp³-hybridized carbons (Fsp3) is 0.571. The summed E-state index contributed by atoms with van der Waals surface area (Å²) in [6.07, 6.45) is 0. The average Bonchev–Trinajstić information content (AvgIpc) is 2.93. The van der Waals surface area contributed by atoms with E-state index in [-0.39, 0.29) is 5.91 Å². The van der Waals surface area contributed by atoms with Crippen LogP contribution in [-0.4, -0.2) is 42.1 Å². The van der Waals surface area contributed by atoms with Crippen LogP contribution in [0.5, 0.6) is 0 Å². The molecule has 112 valence electrons. The van der Waals surface area contributed by atoms with Gasteiger partial charge < -0.3 is 14.7 Å². The minimum atomic E-state index is -0.950. The van der Waals surface area contributed by atoms with Gasteiger partial charge in [-0.05, 0) is 11.4 Å². The molecule has 1 N–H and O–H groups in total. The van der Waals surface area contributed by atoms with E-state index in [1.165, 1.54) is 0 Å². The van der Waals surface area contributed by atoms with E-state index < -0.39 is 17.8 Å². The van der Waals surface area contributed by atoms with Crippen molar-refractivity contribution in [1.29, 1.82) is 0 Å². The molecule has 0 aromatic carbocycles. The molecular formula is C14H21NO4S. The molecule has 1 rings (SSSR count). The average molecular weight is 299 g/mol. The van der Waals surface area contributed by atoms with Crippen molar-refractivity contribution in [3.05, 3.63) is 22.4 Å². The molecule has 0 aliphatic heterocycles. The number of hydrogen-bond donors (Lipinski definition) is 1. The predicted octanol–water partition coefficient (Wildman–Crippen LogP) is 2.08. The number of aliphatic carboxylic acids is 1.